The molecule has 6 heteroatoms. The van der Waals surface area contributed by atoms with Crippen molar-refractivity contribution < 1.29 is 4.42 Å². The number of fused-ring (bicyclic) bond motifs is 2. The number of hydrogen-bond donors (Lipinski definition) is 1. The average molecular weight is 355 g/mol. The number of furan rings is 1. The number of nitrogens with one attached hydrogen (secondary N) is 1. The van der Waals surface area contributed by atoms with Crippen LogP contribution in [-0.2, 0) is 0 Å². The van der Waals surface area contributed by atoms with Crippen molar-refractivity contribution in [3.8, 4) is 11.3 Å². The normalized spacial score (nSPS) is 11.3. The molecule has 1 aromatic carbocycles. The number of pyridine rings is 1. The van der Waals surface area contributed by atoms with E-state index in [1.807, 2.05) is 25.3 Å². The minimum atomic E-state index is 0.781. The van der Waals surface area contributed by atoms with Crippen LogP contribution in [0.5, 0.6) is 0 Å². The van der Waals surface area contributed by atoms with Gasteiger partial charge in [0.2, 0.25) is 0 Å². The first kappa shape index (κ1) is 15.6. The second-order valence-corrected chi connectivity index (χ2v) is 6.49. The van der Waals surface area contributed by atoms with Gasteiger partial charge < -0.3 is 9.73 Å². The second-order valence-electron chi connectivity index (χ2n) is 6.49. The van der Waals surface area contributed by atoms with Gasteiger partial charge >= 0.3 is 0 Å². The van der Waals surface area contributed by atoms with Crippen molar-refractivity contribution >= 4 is 28.1 Å². The molecule has 27 heavy (non-hydrogen) atoms. The van der Waals surface area contributed by atoms with Crippen LogP contribution in [-0.4, -0.2) is 19.4 Å². The zero-order valence-corrected chi connectivity index (χ0v) is 15.0. The molecule has 0 unspecified atom stereocenters. The van der Waals surface area contributed by atoms with Crippen LogP contribution >= 0.6 is 0 Å². The Bertz CT molecular complexity index is 1280. The van der Waals surface area contributed by atoms with Gasteiger partial charge in [-0.1, -0.05) is 6.07 Å². The molecule has 0 saturated carbocycles. The van der Waals surface area contributed by atoms with Gasteiger partial charge in [0.15, 0.2) is 5.65 Å². The predicted octanol–water partition coefficient (Wildman–Crippen LogP) is 4.90. The molecule has 132 valence electrons. The summed E-state index contributed by atoms with van der Waals surface area (Å²) in [5.41, 5.74) is 6.93. The van der Waals surface area contributed by atoms with E-state index >= 15 is 0 Å². The van der Waals surface area contributed by atoms with Gasteiger partial charge in [-0.05, 0) is 43.7 Å². The molecule has 0 radical (unpaired) electrons. The molecule has 0 aliphatic carbocycles. The van der Waals surface area contributed by atoms with E-state index in [1.165, 1.54) is 0 Å². The molecule has 0 atom stereocenters. The molecule has 4 heterocycles. The Morgan fingerprint density at radius 3 is 2.81 bits per heavy atom. The van der Waals surface area contributed by atoms with Gasteiger partial charge in [0.1, 0.15) is 11.4 Å². The van der Waals surface area contributed by atoms with E-state index in [0.29, 0.717) is 0 Å². The van der Waals surface area contributed by atoms with Crippen molar-refractivity contribution in [3.63, 3.8) is 0 Å². The lowest BCUT2D eigenvalue weighted by Gasteiger charge is -2.14. The Morgan fingerprint density at radius 2 is 1.93 bits per heavy atom. The van der Waals surface area contributed by atoms with E-state index < -0.39 is 0 Å². The molecular weight excluding hydrogens is 338 g/mol. The highest BCUT2D eigenvalue weighted by molar-refractivity contribution is 5.90. The first-order valence-corrected chi connectivity index (χ1v) is 8.69. The summed E-state index contributed by atoms with van der Waals surface area (Å²) >= 11 is 0. The third kappa shape index (κ3) is 2.54. The zero-order valence-electron chi connectivity index (χ0n) is 15.0. The summed E-state index contributed by atoms with van der Waals surface area (Å²) in [6.45, 7) is 4.12. The van der Waals surface area contributed by atoms with Crippen LogP contribution in [0.2, 0.25) is 0 Å². The monoisotopic (exact) mass is 355 g/mol. The number of imidazole rings is 1. The molecular formula is C21H17N5O. The van der Waals surface area contributed by atoms with Crippen molar-refractivity contribution in [2.24, 2.45) is 0 Å². The SMILES string of the molecule is Cc1cc(Nc2nccc3occc23)ccc1-c1c(C)ncc2nccn12. The second kappa shape index (κ2) is 5.95. The summed E-state index contributed by atoms with van der Waals surface area (Å²) in [4.78, 5) is 13.3. The summed E-state index contributed by atoms with van der Waals surface area (Å²) in [5, 5.41) is 4.35. The summed E-state index contributed by atoms with van der Waals surface area (Å²) in [7, 11) is 0. The van der Waals surface area contributed by atoms with Crippen LogP contribution in [0.3, 0.4) is 0 Å². The lowest BCUT2D eigenvalue weighted by atomic mass is 10.0. The summed E-state index contributed by atoms with van der Waals surface area (Å²) < 4.78 is 7.52. The van der Waals surface area contributed by atoms with Gasteiger partial charge in [-0.15, -0.1) is 0 Å². The van der Waals surface area contributed by atoms with E-state index in [2.05, 4.69) is 49.8 Å². The fourth-order valence-electron chi connectivity index (χ4n) is 3.45. The Morgan fingerprint density at radius 1 is 1.00 bits per heavy atom. The lowest BCUT2D eigenvalue weighted by Crippen LogP contribution is -2.00. The standard InChI is InChI=1S/C21H17N5O/c1-13-11-15(25-21-17-6-10-27-18(17)5-7-23-21)3-4-16(13)20-14(2)24-12-19-22-8-9-26(19)20/h3-12H,1-2H3,(H,23,25). The van der Waals surface area contributed by atoms with Gasteiger partial charge in [0, 0.05) is 29.8 Å². The minimum absolute atomic E-state index is 0.781. The molecule has 4 aromatic heterocycles. The molecule has 0 aliphatic heterocycles. The van der Waals surface area contributed by atoms with Crippen molar-refractivity contribution in [3.05, 3.63) is 72.6 Å². The van der Waals surface area contributed by atoms with Gasteiger partial charge in [-0.25, -0.2) is 9.97 Å². The molecule has 0 amide bonds. The van der Waals surface area contributed by atoms with Gasteiger partial charge in [-0.2, -0.15) is 0 Å². The van der Waals surface area contributed by atoms with Crippen molar-refractivity contribution in [2.75, 3.05) is 5.32 Å². The van der Waals surface area contributed by atoms with Gasteiger partial charge in [-0.3, -0.25) is 9.38 Å². The smallest absolute Gasteiger partial charge is 0.155 e. The number of anilines is 2. The number of nitrogens with zero attached hydrogens (tertiary/aromatic N) is 4. The molecule has 0 bridgehead atoms. The Labute approximate surface area is 155 Å². The first-order valence-electron chi connectivity index (χ1n) is 8.69. The zero-order chi connectivity index (χ0) is 18.4. The highest BCUT2D eigenvalue weighted by Crippen LogP contribution is 2.30. The maximum atomic E-state index is 5.45. The summed E-state index contributed by atoms with van der Waals surface area (Å²) in [5.74, 6) is 0.781. The molecule has 0 spiro atoms. The third-order valence-corrected chi connectivity index (χ3v) is 4.75. The predicted molar refractivity (Wildman–Crippen MR) is 105 cm³/mol. The van der Waals surface area contributed by atoms with E-state index in [1.54, 1.807) is 24.9 Å². The molecule has 5 rings (SSSR count). The summed E-state index contributed by atoms with van der Waals surface area (Å²) in [6, 6.07) is 10.1. The maximum Gasteiger partial charge on any atom is 0.155 e. The highest BCUT2D eigenvalue weighted by atomic mass is 16.3. The van der Waals surface area contributed by atoms with E-state index in [0.717, 1.165) is 50.6 Å². The van der Waals surface area contributed by atoms with Crippen molar-refractivity contribution in [2.45, 2.75) is 13.8 Å². The molecule has 5 aromatic rings. The van der Waals surface area contributed by atoms with Crippen LogP contribution in [0.25, 0.3) is 27.9 Å². The van der Waals surface area contributed by atoms with Crippen LogP contribution in [0.1, 0.15) is 11.3 Å². The van der Waals surface area contributed by atoms with Crippen LogP contribution in [0, 0.1) is 13.8 Å². The third-order valence-electron chi connectivity index (χ3n) is 4.75. The number of aryl methyl sites for hydroxylation is 2. The fraction of sp³-hybridized carbons (Fsp3) is 0.0952. The van der Waals surface area contributed by atoms with Gasteiger partial charge in [0.25, 0.3) is 0 Å². The fourth-order valence-corrected chi connectivity index (χ4v) is 3.45. The lowest BCUT2D eigenvalue weighted by molar-refractivity contribution is 0.615. The Kier molecular flexibility index (Phi) is 3.43. The molecule has 0 fully saturated rings. The molecule has 0 saturated heterocycles. The summed E-state index contributed by atoms with van der Waals surface area (Å²) in [6.07, 6.45) is 8.97. The van der Waals surface area contributed by atoms with Crippen molar-refractivity contribution in [1.82, 2.24) is 19.4 Å². The van der Waals surface area contributed by atoms with E-state index in [4.69, 9.17) is 4.42 Å². The Hall–Kier alpha value is -3.67. The number of hydrogen-bond acceptors (Lipinski definition) is 5. The topological polar surface area (TPSA) is 68.2 Å². The first-order chi connectivity index (χ1) is 13.2. The number of aromatic nitrogens is 4. The Balaban J connectivity index is 1.57. The minimum Gasteiger partial charge on any atom is -0.464 e. The molecule has 1 N–H and O–H groups in total. The van der Waals surface area contributed by atoms with Gasteiger partial charge in [0.05, 0.1) is 29.2 Å². The molecule has 6 nitrogen and oxygen atoms in total. The number of benzene rings is 1. The van der Waals surface area contributed by atoms with E-state index in [9.17, 15) is 0 Å². The maximum absolute atomic E-state index is 5.45. The van der Waals surface area contributed by atoms with E-state index in [-0.39, 0.29) is 0 Å². The largest absolute Gasteiger partial charge is 0.464 e. The van der Waals surface area contributed by atoms with Crippen LogP contribution < -0.4 is 5.32 Å². The average Bonchev–Trinajstić information content (AvgIpc) is 3.32. The molecule has 0 aliphatic rings. The highest BCUT2D eigenvalue weighted by Gasteiger charge is 2.12. The van der Waals surface area contributed by atoms with Crippen LogP contribution in [0.4, 0.5) is 11.5 Å². The van der Waals surface area contributed by atoms with Crippen molar-refractivity contribution in [1.29, 1.82) is 0 Å². The van der Waals surface area contributed by atoms with Crippen LogP contribution in [0.15, 0.2) is 65.8 Å². The quantitative estimate of drug-likeness (QED) is 0.499. The number of rotatable bonds is 3.